The molecule has 0 aliphatic heterocycles. The summed E-state index contributed by atoms with van der Waals surface area (Å²) in [5, 5.41) is 9.75. The Morgan fingerprint density at radius 2 is 0.862 bits per heavy atom. The summed E-state index contributed by atoms with van der Waals surface area (Å²) in [5.41, 5.74) is 11.9. The molecule has 4 heteroatoms. The lowest BCUT2D eigenvalue weighted by Crippen LogP contribution is -1.98. The number of hydrogen-bond donors (Lipinski definition) is 0. The molecule has 9 aromatic carbocycles. The van der Waals surface area contributed by atoms with Gasteiger partial charge in [-0.25, -0.2) is 9.97 Å². The topological polar surface area (TPSA) is 35.6 Å². The summed E-state index contributed by atoms with van der Waals surface area (Å²) in [5.74, 6) is 0.694. The maximum absolute atomic E-state index is 5.24. The Morgan fingerprint density at radius 3 is 1.60 bits per heavy atom. The van der Waals surface area contributed by atoms with Crippen LogP contribution in [-0.2, 0) is 0 Å². The molecule has 0 saturated carbocycles. The third kappa shape index (κ3) is 5.02. The summed E-state index contributed by atoms with van der Waals surface area (Å²) in [6, 6.07) is 73.8. The molecule has 0 N–H and O–H groups in total. The summed E-state index contributed by atoms with van der Waals surface area (Å²) in [7, 11) is 0. The van der Waals surface area contributed by atoms with Crippen LogP contribution in [0.25, 0.3) is 110 Å². The molecule has 3 heterocycles. The summed E-state index contributed by atoms with van der Waals surface area (Å²) < 4.78 is 4.85. The second-order valence-electron chi connectivity index (χ2n) is 15.0. The molecule has 0 atom stereocenters. The van der Waals surface area contributed by atoms with Gasteiger partial charge in [-0.15, -0.1) is 0 Å². The fraction of sp³-hybridized carbons (Fsp3) is 0. The maximum Gasteiger partial charge on any atom is 0.160 e. The van der Waals surface area contributed by atoms with Crippen LogP contribution in [0.2, 0.25) is 0 Å². The average molecular weight is 739 g/mol. The molecule has 0 fully saturated rings. The Bertz CT molecular complexity index is 3550. The van der Waals surface area contributed by atoms with E-state index < -0.39 is 0 Å². The Hall–Kier alpha value is -7.82. The van der Waals surface area contributed by atoms with Gasteiger partial charge in [0.2, 0.25) is 0 Å². The minimum Gasteiger partial charge on any atom is -0.309 e. The van der Waals surface area contributed by atoms with E-state index in [1.807, 2.05) is 6.07 Å². The van der Waals surface area contributed by atoms with Crippen molar-refractivity contribution in [1.29, 1.82) is 0 Å². The zero-order valence-electron chi connectivity index (χ0n) is 31.4. The van der Waals surface area contributed by atoms with Crippen LogP contribution in [0.4, 0.5) is 0 Å². The lowest BCUT2D eigenvalue weighted by atomic mass is 10.0. The summed E-state index contributed by atoms with van der Waals surface area (Å²) in [4.78, 5) is 10.4. The van der Waals surface area contributed by atoms with E-state index in [0.29, 0.717) is 5.82 Å². The Labute approximate surface area is 334 Å². The normalized spacial score (nSPS) is 11.8. The summed E-state index contributed by atoms with van der Waals surface area (Å²) >= 11 is 0. The van der Waals surface area contributed by atoms with Crippen LogP contribution in [0.1, 0.15) is 0 Å². The molecule has 0 amide bonds. The molecular formula is C54H34N4. The van der Waals surface area contributed by atoms with Gasteiger partial charge in [-0.05, 0) is 76.8 Å². The highest BCUT2D eigenvalue weighted by Crippen LogP contribution is 2.41. The molecular weight excluding hydrogens is 705 g/mol. The highest BCUT2D eigenvalue weighted by atomic mass is 15.0. The monoisotopic (exact) mass is 738 g/mol. The van der Waals surface area contributed by atoms with Crippen molar-refractivity contribution in [3.8, 4) is 45.3 Å². The predicted octanol–water partition coefficient (Wildman–Crippen LogP) is 14.0. The smallest absolute Gasteiger partial charge is 0.160 e. The van der Waals surface area contributed by atoms with E-state index in [1.54, 1.807) is 0 Å². The molecule has 12 aromatic rings. The van der Waals surface area contributed by atoms with Crippen LogP contribution in [0, 0.1) is 0 Å². The van der Waals surface area contributed by atoms with Gasteiger partial charge in [-0.1, -0.05) is 146 Å². The Morgan fingerprint density at radius 1 is 0.310 bits per heavy atom. The quantitative estimate of drug-likeness (QED) is 0.176. The van der Waals surface area contributed by atoms with E-state index in [4.69, 9.17) is 9.97 Å². The van der Waals surface area contributed by atoms with E-state index >= 15 is 0 Å². The van der Waals surface area contributed by atoms with Crippen LogP contribution < -0.4 is 0 Å². The zero-order chi connectivity index (χ0) is 38.2. The predicted molar refractivity (Wildman–Crippen MR) is 242 cm³/mol. The highest BCUT2D eigenvalue weighted by molar-refractivity contribution is 6.19. The number of fused-ring (bicyclic) bond motifs is 8. The second-order valence-corrected chi connectivity index (χ2v) is 15.0. The molecule has 0 aliphatic rings. The first-order chi connectivity index (χ1) is 28.8. The minimum atomic E-state index is 0.694. The molecule has 3 aromatic heterocycles. The van der Waals surface area contributed by atoms with Gasteiger partial charge < -0.3 is 9.13 Å². The van der Waals surface area contributed by atoms with Crippen LogP contribution in [0.5, 0.6) is 0 Å². The van der Waals surface area contributed by atoms with Crippen molar-refractivity contribution in [2.24, 2.45) is 0 Å². The Kier molecular flexibility index (Phi) is 7.20. The van der Waals surface area contributed by atoms with Gasteiger partial charge in [0.1, 0.15) is 0 Å². The van der Waals surface area contributed by atoms with Crippen molar-refractivity contribution < 1.29 is 0 Å². The van der Waals surface area contributed by atoms with Gasteiger partial charge in [0.25, 0.3) is 0 Å². The van der Waals surface area contributed by atoms with E-state index in [1.165, 1.54) is 65.3 Å². The third-order valence-corrected chi connectivity index (χ3v) is 11.7. The number of benzene rings is 9. The van der Waals surface area contributed by atoms with Crippen molar-refractivity contribution in [1.82, 2.24) is 19.1 Å². The molecule has 0 spiro atoms. The molecule has 58 heavy (non-hydrogen) atoms. The molecule has 0 unspecified atom stereocenters. The number of hydrogen-bond acceptors (Lipinski definition) is 2. The van der Waals surface area contributed by atoms with Gasteiger partial charge in [-0.3, -0.25) is 0 Å². The maximum atomic E-state index is 5.24. The van der Waals surface area contributed by atoms with Crippen molar-refractivity contribution >= 4 is 65.2 Å². The van der Waals surface area contributed by atoms with Crippen molar-refractivity contribution in [2.75, 3.05) is 0 Å². The van der Waals surface area contributed by atoms with E-state index in [-0.39, 0.29) is 0 Å². The average Bonchev–Trinajstić information content (AvgIpc) is 3.80. The lowest BCUT2D eigenvalue weighted by molar-refractivity contribution is 1.16. The molecule has 0 radical (unpaired) electrons. The molecule has 0 bridgehead atoms. The first-order valence-electron chi connectivity index (χ1n) is 19.7. The standard InChI is InChI=1S/C54H34N4/c1-2-16-37(17-3-1)47-33-48(42-24-12-18-35-14-4-6-20-40(35)42)56-54(55-47)38-28-30-39(31-29-38)57-50-25-10-8-22-43(50)45-32-46-44-23-9-11-26-51(44)58(53(46)34-52(45)57)49-27-13-19-36-15-5-7-21-41(36)49/h1-34H. The molecule has 0 saturated heterocycles. The van der Waals surface area contributed by atoms with Crippen molar-refractivity contribution in [3.05, 3.63) is 206 Å². The van der Waals surface area contributed by atoms with E-state index in [2.05, 4.69) is 209 Å². The Balaban J connectivity index is 1.06. The molecule has 270 valence electrons. The molecule has 4 nitrogen and oxygen atoms in total. The first-order valence-corrected chi connectivity index (χ1v) is 19.7. The largest absolute Gasteiger partial charge is 0.309 e. The van der Waals surface area contributed by atoms with E-state index in [9.17, 15) is 0 Å². The number of para-hydroxylation sites is 2. The fourth-order valence-electron chi connectivity index (χ4n) is 9.05. The van der Waals surface area contributed by atoms with Crippen LogP contribution in [0.3, 0.4) is 0 Å². The molecule has 0 aliphatic carbocycles. The van der Waals surface area contributed by atoms with Gasteiger partial charge in [0.05, 0.1) is 39.1 Å². The number of aromatic nitrogens is 4. The highest BCUT2D eigenvalue weighted by Gasteiger charge is 2.20. The minimum absolute atomic E-state index is 0.694. The zero-order valence-corrected chi connectivity index (χ0v) is 31.4. The third-order valence-electron chi connectivity index (χ3n) is 11.7. The van der Waals surface area contributed by atoms with Crippen LogP contribution in [-0.4, -0.2) is 19.1 Å². The first kappa shape index (κ1) is 32.4. The number of rotatable bonds is 5. The van der Waals surface area contributed by atoms with Crippen molar-refractivity contribution in [2.45, 2.75) is 0 Å². The fourth-order valence-corrected chi connectivity index (χ4v) is 9.05. The molecule has 12 rings (SSSR count). The second kappa shape index (κ2) is 12.9. The van der Waals surface area contributed by atoms with Crippen molar-refractivity contribution in [3.63, 3.8) is 0 Å². The van der Waals surface area contributed by atoms with Crippen LogP contribution in [0.15, 0.2) is 206 Å². The lowest BCUT2D eigenvalue weighted by Gasteiger charge is -2.13. The van der Waals surface area contributed by atoms with Gasteiger partial charge >= 0.3 is 0 Å². The van der Waals surface area contributed by atoms with E-state index in [0.717, 1.165) is 39.3 Å². The van der Waals surface area contributed by atoms with Crippen LogP contribution >= 0.6 is 0 Å². The van der Waals surface area contributed by atoms with Gasteiger partial charge in [0, 0.05) is 49.3 Å². The SMILES string of the molecule is c1ccc(-c2cc(-c3cccc4ccccc34)nc(-c3ccc(-n4c5ccccc5c5cc6c7ccccc7n(-c7cccc8ccccc78)c6cc54)cc3)n2)cc1. The van der Waals surface area contributed by atoms with Gasteiger partial charge in [0.15, 0.2) is 5.82 Å². The van der Waals surface area contributed by atoms with Gasteiger partial charge in [-0.2, -0.15) is 0 Å². The number of nitrogens with zero attached hydrogens (tertiary/aromatic N) is 4. The summed E-state index contributed by atoms with van der Waals surface area (Å²) in [6.45, 7) is 0. The summed E-state index contributed by atoms with van der Waals surface area (Å²) in [6.07, 6.45) is 0.